The SMILES string of the molecule is CCCOc1ccc(-c2csc(NC(=O)C[C@@H](NC(C)=O)c3ccccc3)n2)cc1. The average molecular weight is 424 g/mol. The van der Waals surface area contributed by atoms with Crippen LogP contribution in [0.15, 0.2) is 60.0 Å². The molecule has 1 heterocycles. The molecule has 1 aromatic heterocycles. The topological polar surface area (TPSA) is 80.3 Å². The van der Waals surface area contributed by atoms with Crippen LogP contribution in [0.5, 0.6) is 5.75 Å². The third-order valence-corrected chi connectivity index (χ3v) is 5.10. The fourth-order valence-corrected chi connectivity index (χ4v) is 3.68. The van der Waals surface area contributed by atoms with E-state index in [0.29, 0.717) is 11.7 Å². The summed E-state index contributed by atoms with van der Waals surface area (Å²) in [5, 5.41) is 8.10. The molecule has 3 aromatic rings. The number of benzene rings is 2. The summed E-state index contributed by atoms with van der Waals surface area (Å²) in [6.07, 6.45) is 1.09. The first-order valence-corrected chi connectivity index (χ1v) is 10.7. The maximum Gasteiger partial charge on any atom is 0.228 e. The van der Waals surface area contributed by atoms with Crippen molar-refractivity contribution in [3.63, 3.8) is 0 Å². The van der Waals surface area contributed by atoms with Crippen molar-refractivity contribution >= 4 is 28.3 Å². The van der Waals surface area contributed by atoms with E-state index < -0.39 is 6.04 Å². The molecular formula is C23H25N3O3S. The second kappa shape index (κ2) is 10.5. The van der Waals surface area contributed by atoms with Gasteiger partial charge in [0, 0.05) is 17.9 Å². The second-order valence-electron chi connectivity index (χ2n) is 6.83. The van der Waals surface area contributed by atoms with Gasteiger partial charge in [-0.2, -0.15) is 0 Å². The summed E-state index contributed by atoms with van der Waals surface area (Å²) >= 11 is 1.37. The van der Waals surface area contributed by atoms with E-state index in [9.17, 15) is 9.59 Å². The van der Waals surface area contributed by atoms with Crippen molar-refractivity contribution in [2.75, 3.05) is 11.9 Å². The lowest BCUT2D eigenvalue weighted by molar-refractivity contribution is -0.120. The Bertz CT molecular complexity index is 971. The highest BCUT2D eigenvalue weighted by Gasteiger charge is 2.18. The van der Waals surface area contributed by atoms with Crippen molar-refractivity contribution < 1.29 is 14.3 Å². The van der Waals surface area contributed by atoms with Gasteiger partial charge in [0.1, 0.15) is 5.75 Å². The molecule has 0 aliphatic carbocycles. The van der Waals surface area contributed by atoms with Crippen LogP contribution in [-0.2, 0) is 9.59 Å². The van der Waals surface area contributed by atoms with Gasteiger partial charge in [0.15, 0.2) is 5.13 Å². The standard InChI is InChI=1S/C23H25N3O3S/c1-3-13-29-19-11-9-18(10-12-19)21-15-30-23(25-21)26-22(28)14-20(24-16(2)27)17-7-5-4-6-8-17/h4-12,15,20H,3,13-14H2,1-2H3,(H,24,27)(H,25,26,28)/t20-/m1/s1. The van der Waals surface area contributed by atoms with Gasteiger partial charge < -0.3 is 15.4 Å². The molecule has 0 unspecified atom stereocenters. The Hall–Kier alpha value is -3.19. The Morgan fingerprint density at radius 3 is 2.50 bits per heavy atom. The van der Waals surface area contributed by atoms with E-state index in [1.165, 1.54) is 18.3 Å². The highest BCUT2D eigenvalue weighted by atomic mass is 32.1. The van der Waals surface area contributed by atoms with Crippen LogP contribution in [0.1, 0.15) is 38.3 Å². The van der Waals surface area contributed by atoms with Gasteiger partial charge in [-0.1, -0.05) is 37.3 Å². The zero-order chi connectivity index (χ0) is 21.3. The molecule has 0 fully saturated rings. The summed E-state index contributed by atoms with van der Waals surface area (Å²) in [6.45, 7) is 4.20. The molecule has 0 spiro atoms. The third kappa shape index (κ3) is 6.15. The molecule has 0 aliphatic rings. The maximum atomic E-state index is 12.6. The zero-order valence-electron chi connectivity index (χ0n) is 17.1. The minimum absolute atomic E-state index is 0.127. The van der Waals surface area contributed by atoms with Crippen molar-refractivity contribution in [1.29, 1.82) is 0 Å². The van der Waals surface area contributed by atoms with E-state index >= 15 is 0 Å². The summed E-state index contributed by atoms with van der Waals surface area (Å²) in [5.74, 6) is 0.440. The minimum atomic E-state index is -0.390. The molecule has 2 amide bonds. The van der Waals surface area contributed by atoms with Crippen LogP contribution in [0, 0.1) is 0 Å². The number of rotatable bonds is 9. The lowest BCUT2D eigenvalue weighted by Crippen LogP contribution is -2.29. The second-order valence-corrected chi connectivity index (χ2v) is 7.68. The summed E-state index contributed by atoms with van der Waals surface area (Å²) < 4.78 is 5.60. The van der Waals surface area contributed by atoms with E-state index in [1.807, 2.05) is 60.0 Å². The Morgan fingerprint density at radius 1 is 1.10 bits per heavy atom. The lowest BCUT2D eigenvalue weighted by atomic mass is 10.0. The van der Waals surface area contributed by atoms with Crippen LogP contribution < -0.4 is 15.4 Å². The Labute approximate surface area is 180 Å². The summed E-state index contributed by atoms with van der Waals surface area (Å²) in [4.78, 5) is 28.6. The molecule has 7 heteroatoms. The maximum absolute atomic E-state index is 12.6. The van der Waals surface area contributed by atoms with Crippen LogP contribution in [0.3, 0.4) is 0 Å². The normalized spacial score (nSPS) is 11.5. The number of anilines is 1. The molecule has 0 saturated heterocycles. The van der Waals surface area contributed by atoms with E-state index in [-0.39, 0.29) is 18.2 Å². The lowest BCUT2D eigenvalue weighted by Gasteiger charge is -2.17. The quantitative estimate of drug-likeness (QED) is 0.518. The van der Waals surface area contributed by atoms with Crippen molar-refractivity contribution in [2.24, 2.45) is 0 Å². The summed E-state index contributed by atoms with van der Waals surface area (Å²) in [6, 6.07) is 16.8. The van der Waals surface area contributed by atoms with Crippen LogP contribution >= 0.6 is 11.3 Å². The summed E-state index contributed by atoms with van der Waals surface area (Å²) in [7, 11) is 0. The smallest absolute Gasteiger partial charge is 0.228 e. The highest BCUT2D eigenvalue weighted by Crippen LogP contribution is 2.27. The molecule has 156 valence electrons. The van der Waals surface area contributed by atoms with Crippen LogP contribution in [0.2, 0.25) is 0 Å². The van der Waals surface area contributed by atoms with Crippen LogP contribution in [0.25, 0.3) is 11.3 Å². The van der Waals surface area contributed by atoms with Crippen molar-refractivity contribution in [2.45, 2.75) is 32.7 Å². The van der Waals surface area contributed by atoms with Gasteiger partial charge in [-0.05, 0) is 36.2 Å². The molecule has 0 saturated carbocycles. The molecule has 3 rings (SSSR count). The molecule has 2 N–H and O–H groups in total. The largest absolute Gasteiger partial charge is 0.494 e. The predicted octanol–water partition coefficient (Wildman–Crippen LogP) is 4.80. The van der Waals surface area contributed by atoms with Gasteiger partial charge in [-0.25, -0.2) is 4.98 Å². The third-order valence-electron chi connectivity index (χ3n) is 4.34. The van der Waals surface area contributed by atoms with Gasteiger partial charge in [-0.15, -0.1) is 11.3 Å². The van der Waals surface area contributed by atoms with Crippen molar-refractivity contribution in [1.82, 2.24) is 10.3 Å². The minimum Gasteiger partial charge on any atom is -0.494 e. The Morgan fingerprint density at radius 2 is 1.83 bits per heavy atom. The first kappa shape index (κ1) is 21.5. The van der Waals surface area contributed by atoms with Crippen LogP contribution in [0.4, 0.5) is 5.13 Å². The molecule has 6 nitrogen and oxygen atoms in total. The first-order chi connectivity index (χ1) is 14.5. The molecule has 2 aromatic carbocycles. The molecule has 0 radical (unpaired) electrons. The van der Waals surface area contributed by atoms with Crippen LogP contribution in [-0.4, -0.2) is 23.4 Å². The molecule has 1 atom stereocenters. The van der Waals surface area contributed by atoms with Gasteiger partial charge >= 0.3 is 0 Å². The monoisotopic (exact) mass is 423 g/mol. The molecule has 0 aliphatic heterocycles. The number of ether oxygens (including phenoxy) is 1. The van der Waals surface area contributed by atoms with E-state index in [4.69, 9.17) is 4.74 Å². The number of nitrogens with zero attached hydrogens (tertiary/aromatic N) is 1. The fraction of sp³-hybridized carbons (Fsp3) is 0.261. The van der Waals surface area contributed by atoms with E-state index in [0.717, 1.165) is 29.0 Å². The number of carbonyl (C=O) groups is 2. The van der Waals surface area contributed by atoms with Gasteiger partial charge in [0.25, 0.3) is 0 Å². The number of aromatic nitrogens is 1. The average Bonchev–Trinajstić information content (AvgIpc) is 3.20. The van der Waals surface area contributed by atoms with Crippen molar-refractivity contribution in [3.05, 3.63) is 65.5 Å². The number of carbonyl (C=O) groups excluding carboxylic acids is 2. The first-order valence-electron chi connectivity index (χ1n) is 9.86. The van der Waals surface area contributed by atoms with Gasteiger partial charge in [0.05, 0.1) is 24.8 Å². The van der Waals surface area contributed by atoms with Gasteiger partial charge in [0.2, 0.25) is 11.8 Å². The summed E-state index contributed by atoms with van der Waals surface area (Å²) in [5.41, 5.74) is 2.63. The van der Waals surface area contributed by atoms with E-state index in [1.54, 1.807) is 0 Å². The Balaban J connectivity index is 1.63. The number of nitrogens with one attached hydrogen (secondary N) is 2. The fourth-order valence-electron chi connectivity index (χ4n) is 2.94. The molecule has 30 heavy (non-hydrogen) atoms. The predicted molar refractivity (Wildman–Crippen MR) is 120 cm³/mol. The van der Waals surface area contributed by atoms with Crippen molar-refractivity contribution in [3.8, 4) is 17.0 Å². The number of hydrogen-bond acceptors (Lipinski definition) is 5. The number of hydrogen-bond donors (Lipinski definition) is 2. The number of thiazole rings is 1. The zero-order valence-corrected chi connectivity index (χ0v) is 17.9. The Kier molecular flexibility index (Phi) is 7.57. The molecule has 0 bridgehead atoms. The van der Waals surface area contributed by atoms with Gasteiger partial charge in [-0.3, -0.25) is 9.59 Å². The van der Waals surface area contributed by atoms with E-state index in [2.05, 4.69) is 22.5 Å². The highest BCUT2D eigenvalue weighted by molar-refractivity contribution is 7.14. The molecular weight excluding hydrogens is 398 g/mol. The number of amides is 2.